The Morgan fingerprint density at radius 3 is 2.33 bits per heavy atom. The SMILES string of the molecule is CC(OC(=O)c1cccc(Oc2ccccc2)c1)C(=O)NC(N)=O. The van der Waals surface area contributed by atoms with Gasteiger partial charge in [0, 0.05) is 0 Å². The van der Waals surface area contributed by atoms with E-state index in [4.69, 9.17) is 15.2 Å². The Balaban J connectivity index is 2.03. The summed E-state index contributed by atoms with van der Waals surface area (Å²) in [5, 5.41) is 1.84. The average molecular weight is 328 g/mol. The van der Waals surface area contributed by atoms with Crippen molar-refractivity contribution in [3.8, 4) is 11.5 Å². The minimum Gasteiger partial charge on any atom is -0.457 e. The van der Waals surface area contributed by atoms with Crippen molar-refractivity contribution in [1.29, 1.82) is 0 Å². The third-order valence-electron chi connectivity index (χ3n) is 2.95. The number of amides is 3. The van der Waals surface area contributed by atoms with Gasteiger partial charge in [0.1, 0.15) is 11.5 Å². The van der Waals surface area contributed by atoms with E-state index in [1.807, 2.05) is 23.5 Å². The van der Waals surface area contributed by atoms with Crippen molar-refractivity contribution in [3.63, 3.8) is 0 Å². The summed E-state index contributed by atoms with van der Waals surface area (Å²) in [6, 6.07) is 14.4. The van der Waals surface area contributed by atoms with Crippen LogP contribution in [-0.2, 0) is 9.53 Å². The fourth-order valence-corrected chi connectivity index (χ4v) is 1.82. The second-order valence-corrected chi connectivity index (χ2v) is 4.84. The van der Waals surface area contributed by atoms with Crippen LogP contribution in [0.5, 0.6) is 11.5 Å². The fourth-order valence-electron chi connectivity index (χ4n) is 1.82. The molecule has 2 aromatic rings. The molecule has 24 heavy (non-hydrogen) atoms. The third-order valence-corrected chi connectivity index (χ3v) is 2.95. The molecular formula is C17H16N2O5. The first-order valence-electron chi connectivity index (χ1n) is 7.10. The van der Waals surface area contributed by atoms with Gasteiger partial charge in [-0.05, 0) is 37.3 Å². The number of hydrogen-bond acceptors (Lipinski definition) is 5. The molecule has 2 aromatic carbocycles. The van der Waals surface area contributed by atoms with Crippen molar-refractivity contribution < 1.29 is 23.9 Å². The zero-order valence-corrected chi connectivity index (χ0v) is 12.9. The van der Waals surface area contributed by atoms with Gasteiger partial charge in [0.05, 0.1) is 5.56 Å². The summed E-state index contributed by atoms with van der Waals surface area (Å²) in [4.78, 5) is 34.2. The van der Waals surface area contributed by atoms with E-state index >= 15 is 0 Å². The molecule has 0 radical (unpaired) electrons. The average Bonchev–Trinajstić information content (AvgIpc) is 2.55. The van der Waals surface area contributed by atoms with Gasteiger partial charge in [-0.2, -0.15) is 0 Å². The van der Waals surface area contributed by atoms with Crippen molar-refractivity contribution >= 4 is 17.9 Å². The highest BCUT2D eigenvalue weighted by Crippen LogP contribution is 2.22. The second-order valence-electron chi connectivity index (χ2n) is 4.84. The van der Waals surface area contributed by atoms with Crippen molar-refractivity contribution in [3.05, 3.63) is 60.2 Å². The lowest BCUT2D eigenvalue weighted by atomic mass is 10.2. The van der Waals surface area contributed by atoms with Gasteiger partial charge in [-0.1, -0.05) is 24.3 Å². The van der Waals surface area contributed by atoms with Crippen LogP contribution in [0.25, 0.3) is 0 Å². The number of esters is 1. The van der Waals surface area contributed by atoms with Crippen LogP contribution in [-0.4, -0.2) is 24.0 Å². The first-order chi connectivity index (χ1) is 11.5. The number of benzene rings is 2. The van der Waals surface area contributed by atoms with E-state index in [2.05, 4.69) is 0 Å². The molecule has 0 saturated heterocycles. The fraction of sp³-hybridized carbons (Fsp3) is 0.118. The number of rotatable bonds is 5. The molecule has 7 nitrogen and oxygen atoms in total. The van der Waals surface area contributed by atoms with Crippen molar-refractivity contribution in [2.75, 3.05) is 0 Å². The molecule has 0 fully saturated rings. The van der Waals surface area contributed by atoms with Crippen molar-refractivity contribution in [2.45, 2.75) is 13.0 Å². The molecule has 0 aliphatic rings. The molecule has 0 spiro atoms. The van der Waals surface area contributed by atoms with Crippen LogP contribution in [0.3, 0.4) is 0 Å². The summed E-state index contributed by atoms with van der Waals surface area (Å²) in [6.45, 7) is 1.33. The Kier molecular flexibility index (Phi) is 5.51. The minimum absolute atomic E-state index is 0.210. The number of hydrogen-bond donors (Lipinski definition) is 2. The third kappa shape index (κ3) is 4.84. The quantitative estimate of drug-likeness (QED) is 0.818. The molecule has 1 unspecified atom stereocenters. The van der Waals surface area contributed by atoms with E-state index in [0.717, 1.165) is 0 Å². The molecule has 0 aromatic heterocycles. The first-order valence-corrected chi connectivity index (χ1v) is 7.10. The van der Waals surface area contributed by atoms with Crippen LogP contribution >= 0.6 is 0 Å². The van der Waals surface area contributed by atoms with E-state index in [1.165, 1.54) is 19.1 Å². The van der Waals surface area contributed by atoms with E-state index < -0.39 is 24.0 Å². The number of nitrogens with one attached hydrogen (secondary N) is 1. The lowest BCUT2D eigenvalue weighted by Crippen LogP contribution is -2.42. The Morgan fingerprint density at radius 2 is 1.67 bits per heavy atom. The topological polar surface area (TPSA) is 108 Å². The molecular weight excluding hydrogens is 312 g/mol. The van der Waals surface area contributed by atoms with Crippen LogP contribution < -0.4 is 15.8 Å². The Hall–Kier alpha value is -3.35. The normalized spacial score (nSPS) is 11.2. The maximum absolute atomic E-state index is 12.1. The zero-order valence-electron chi connectivity index (χ0n) is 12.9. The predicted molar refractivity (Wildman–Crippen MR) is 85.6 cm³/mol. The Bertz CT molecular complexity index is 746. The van der Waals surface area contributed by atoms with Gasteiger partial charge in [-0.3, -0.25) is 10.1 Å². The first kappa shape index (κ1) is 17.0. The number of ether oxygens (including phenoxy) is 2. The molecule has 0 saturated carbocycles. The lowest BCUT2D eigenvalue weighted by molar-refractivity contribution is -0.127. The molecule has 1 atom stereocenters. The van der Waals surface area contributed by atoms with Gasteiger partial charge in [-0.15, -0.1) is 0 Å². The highest BCUT2D eigenvalue weighted by molar-refractivity contribution is 5.98. The van der Waals surface area contributed by atoms with Gasteiger partial charge in [0.25, 0.3) is 5.91 Å². The molecule has 3 N–H and O–H groups in total. The van der Waals surface area contributed by atoms with E-state index in [0.29, 0.717) is 11.5 Å². The number of carbonyl (C=O) groups excluding carboxylic acids is 3. The monoisotopic (exact) mass is 328 g/mol. The van der Waals surface area contributed by atoms with Crippen molar-refractivity contribution in [1.82, 2.24) is 5.32 Å². The smallest absolute Gasteiger partial charge is 0.339 e. The van der Waals surface area contributed by atoms with E-state index in [-0.39, 0.29) is 5.56 Å². The summed E-state index contributed by atoms with van der Waals surface area (Å²) in [5.41, 5.74) is 5.05. The summed E-state index contributed by atoms with van der Waals surface area (Å²) in [6.07, 6.45) is -1.16. The number of urea groups is 1. The van der Waals surface area contributed by atoms with Gasteiger partial charge in [0.2, 0.25) is 0 Å². The van der Waals surface area contributed by atoms with Crippen LogP contribution in [0, 0.1) is 0 Å². The Morgan fingerprint density at radius 1 is 1.00 bits per heavy atom. The van der Waals surface area contributed by atoms with Gasteiger partial charge < -0.3 is 15.2 Å². The predicted octanol–water partition coefficient (Wildman–Crippen LogP) is 2.22. The zero-order chi connectivity index (χ0) is 17.5. The summed E-state index contributed by atoms with van der Waals surface area (Å²) >= 11 is 0. The molecule has 0 heterocycles. The van der Waals surface area contributed by atoms with Crippen LogP contribution in [0.15, 0.2) is 54.6 Å². The Labute approximate surface area is 138 Å². The number of carbonyl (C=O) groups is 3. The highest BCUT2D eigenvalue weighted by Gasteiger charge is 2.20. The largest absolute Gasteiger partial charge is 0.457 e. The molecule has 2 rings (SSSR count). The maximum Gasteiger partial charge on any atom is 0.339 e. The summed E-state index contributed by atoms with van der Waals surface area (Å²) in [7, 11) is 0. The molecule has 7 heteroatoms. The highest BCUT2D eigenvalue weighted by atomic mass is 16.5. The summed E-state index contributed by atoms with van der Waals surface area (Å²) in [5.74, 6) is -0.449. The molecule has 3 amide bonds. The number of primary amides is 1. The molecule has 0 aliphatic heterocycles. The number of para-hydroxylation sites is 1. The van der Waals surface area contributed by atoms with Crippen LogP contribution in [0.1, 0.15) is 17.3 Å². The van der Waals surface area contributed by atoms with Gasteiger partial charge in [-0.25, -0.2) is 9.59 Å². The second kappa shape index (κ2) is 7.77. The van der Waals surface area contributed by atoms with Gasteiger partial charge in [0.15, 0.2) is 6.10 Å². The maximum atomic E-state index is 12.1. The van der Waals surface area contributed by atoms with E-state index in [1.54, 1.807) is 24.3 Å². The number of imide groups is 1. The van der Waals surface area contributed by atoms with Crippen LogP contribution in [0.4, 0.5) is 4.79 Å². The van der Waals surface area contributed by atoms with Crippen LogP contribution in [0.2, 0.25) is 0 Å². The summed E-state index contributed by atoms with van der Waals surface area (Å²) < 4.78 is 10.6. The molecule has 0 aliphatic carbocycles. The minimum atomic E-state index is -1.16. The molecule has 124 valence electrons. The standard InChI is InChI=1S/C17H16N2O5/c1-11(15(20)19-17(18)22)23-16(21)12-6-5-9-14(10-12)24-13-7-3-2-4-8-13/h2-11H,1H3,(H3,18,19,20,22). The van der Waals surface area contributed by atoms with Gasteiger partial charge >= 0.3 is 12.0 Å². The van der Waals surface area contributed by atoms with E-state index in [9.17, 15) is 14.4 Å². The number of nitrogens with two attached hydrogens (primary N) is 1. The van der Waals surface area contributed by atoms with Crippen molar-refractivity contribution in [2.24, 2.45) is 5.73 Å². The molecule has 0 bridgehead atoms. The lowest BCUT2D eigenvalue weighted by Gasteiger charge is -2.12.